The number of aromatic nitrogens is 4. The molecule has 0 aliphatic heterocycles. The van der Waals surface area contributed by atoms with Gasteiger partial charge in [-0.15, -0.1) is 0 Å². The maximum atomic E-state index is 6.34. The van der Waals surface area contributed by atoms with Crippen LogP contribution in [0.3, 0.4) is 0 Å². The predicted octanol–water partition coefficient (Wildman–Crippen LogP) is 2.06. The molecule has 0 aliphatic carbocycles. The van der Waals surface area contributed by atoms with Crippen molar-refractivity contribution in [1.82, 2.24) is 20.1 Å². The fraction of sp³-hybridized carbons (Fsp3) is 0.200. The molecule has 3 rings (SSSR count). The van der Waals surface area contributed by atoms with Crippen molar-refractivity contribution in [2.45, 2.75) is 19.4 Å². The number of hydrogen-bond acceptors (Lipinski definition) is 6. The van der Waals surface area contributed by atoms with Gasteiger partial charge in [0, 0.05) is 12.4 Å². The van der Waals surface area contributed by atoms with Crippen LogP contribution in [0.1, 0.15) is 23.9 Å². The standard InChI is InChI=1S/C15H15N5O/c1-10-8-17-12(18-9-10)13-19-14(21-20-13)15(2,16)11-6-4-3-5-7-11/h3-9H,16H2,1-2H3. The van der Waals surface area contributed by atoms with Gasteiger partial charge in [0.05, 0.1) is 0 Å². The minimum absolute atomic E-state index is 0.327. The molecule has 6 nitrogen and oxygen atoms in total. The van der Waals surface area contributed by atoms with Crippen molar-refractivity contribution in [2.75, 3.05) is 0 Å². The number of benzene rings is 1. The lowest BCUT2D eigenvalue weighted by Crippen LogP contribution is -2.34. The third kappa shape index (κ3) is 2.53. The summed E-state index contributed by atoms with van der Waals surface area (Å²) >= 11 is 0. The Balaban J connectivity index is 1.96. The molecule has 2 heterocycles. The van der Waals surface area contributed by atoms with Crippen LogP contribution in [0.5, 0.6) is 0 Å². The van der Waals surface area contributed by atoms with Gasteiger partial charge in [0.25, 0.3) is 5.89 Å². The van der Waals surface area contributed by atoms with Gasteiger partial charge in [-0.2, -0.15) is 4.98 Å². The molecule has 2 aromatic heterocycles. The van der Waals surface area contributed by atoms with Crippen molar-refractivity contribution in [3.8, 4) is 11.6 Å². The van der Waals surface area contributed by atoms with Crippen molar-refractivity contribution in [1.29, 1.82) is 0 Å². The van der Waals surface area contributed by atoms with E-state index in [0.717, 1.165) is 11.1 Å². The molecule has 0 bridgehead atoms. The molecular weight excluding hydrogens is 266 g/mol. The highest BCUT2D eigenvalue weighted by Crippen LogP contribution is 2.26. The first-order valence-electron chi connectivity index (χ1n) is 6.55. The first-order chi connectivity index (χ1) is 10.1. The Bertz CT molecular complexity index is 734. The van der Waals surface area contributed by atoms with Gasteiger partial charge in [0.2, 0.25) is 11.6 Å². The molecule has 6 heteroatoms. The molecule has 0 saturated heterocycles. The highest BCUT2D eigenvalue weighted by Gasteiger charge is 2.30. The van der Waals surface area contributed by atoms with Crippen molar-refractivity contribution >= 4 is 0 Å². The van der Waals surface area contributed by atoms with E-state index in [0.29, 0.717) is 17.5 Å². The summed E-state index contributed by atoms with van der Waals surface area (Å²) in [5.74, 6) is 1.07. The van der Waals surface area contributed by atoms with E-state index < -0.39 is 5.54 Å². The van der Waals surface area contributed by atoms with E-state index in [4.69, 9.17) is 10.3 Å². The third-order valence-corrected chi connectivity index (χ3v) is 3.22. The molecule has 0 fully saturated rings. The van der Waals surface area contributed by atoms with Crippen molar-refractivity contribution in [3.05, 3.63) is 59.7 Å². The molecule has 0 aliphatic rings. The summed E-state index contributed by atoms with van der Waals surface area (Å²) in [4.78, 5) is 12.7. The molecule has 106 valence electrons. The Morgan fingerprint density at radius 2 is 1.71 bits per heavy atom. The summed E-state index contributed by atoms with van der Waals surface area (Å²) in [5.41, 5.74) is 7.34. The van der Waals surface area contributed by atoms with Crippen LogP contribution in [-0.4, -0.2) is 20.1 Å². The molecule has 0 saturated carbocycles. The number of nitrogens with zero attached hydrogens (tertiary/aromatic N) is 4. The Morgan fingerprint density at radius 3 is 2.38 bits per heavy atom. The smallest absolute Gasteiger partial charge is 0.251 e. The molecule has 1 atom stereocenters. The van der Waals surface area contributed by atoms with E-state index in [-0.39, 0.29) is 0 Å². The summed E-state index contributed by atoms with van der Waals surface area (Å²) < 4.78 is 5.30. The summed E-state index contributed by atoms with van der Waals surface area (Å²) in [6.45, 7) is 3.74. The lowest BCUT2D eigenvalue weighted by molar-refractivity contribution is 0.325. The minimum Gasteiger partial charge on any atom is -0.336 e. The first-order valence-corrected chi connectivity index (χ1v) is 6.55. The largest absolute Gasteiger partial charge is 0.336 e. The maximum absolute atomic E-state index is 6.34. The molecule has 1 unspecified atom stereocenters. The van der Waals surface area contributed by atoms with Gasteiger partial charge < -0.3 is 10.3 Å². The minimum atomic E-state index is -0.864. The van der Waals surface area contributed by atoms with Gasteiger partial charge in [0.1, 0.15) is 5.54 Å². The molecule has 0 spiro atoms. The van der Waals surface area contributed by atoms with Crippen LogP contribution in [0.25, 0.3) is 11.6 Å². The van der Waals surface area contributed by atoms with Gasteiger partial charge in [-0.3, -0.25) is 0 Å². The molecule has 2 N–H and O–H groups in total. The topological polar surface area (TPSA) is 90.7 Å². The Kier molecular flexibility index (Phi) is 3.23. The number of nitrogens with two attached hydrogens (primary N) is 1. The van der Waals surface area contributed by atoms with Gasteiger partial charge in [-0.1, -0.05) is 35.5 Å². The summed E-state index contributed by atoms with van der Waals surface area (Å²) in [5, 5.41) is 3.92. The predicted molar refractivity (Wildman–Crippen MR) is 77.1 cm³/mol. The van der Waals surface area contributed by atoms with Crippen molar-refractivity contribution in [2.24, 2.45) is 5.73 Å². The second-order valence-corrected chi connectivity index (χ2v) is 5.08. The highest BCUT2D eigenvalue weighted by atomic mass is 16.5. The fourth-order valence-electron chi connectivity index (χ4n) is 1.94. The van der Waals surface area contributed by atoms with Crippen LogP contribution < -0.4 is 5.73 Å². The van der Waals surface area contributed by atoms with Crippen LogP contribution in [0.2, 0.25) is 0 Å². The van der Waals surface area contributed by atoms with Crippen LogP contribution >= 0.6 is 0 Å². The third-order valence-electron chi connectivity index (χ3n) is 3.22. The zero-order valence-electron chi connectivity index (χ0n) is 11.8. The van der Waals surface area contributed by atoms with E-state index in [1.807, 2.05) is 44.2 Å². The van der Waals surface area contributed by atoms with E-state index >= 15 is 0 Å². The van der Waals surface area contributed by atoms with Gasteiger partial charge >= 0.3 is 0 Å². The van der Waals surface area contributed by atoms with Crippen LogP contribution in [0.4, 0.5) is 0 Å². The Hall–Kier alpha value is -2.60. The van der Waals surface area contributed by atoms with E-state index in [1.165, 1.54) is 0 Å². The summed E-state index contributed by atoms with van der Waals surface area (Å²) in [6.07, 6.45) is 3.41. The Labute approximate surface area is 122 Å². The quantitative estimate of drug-likeness (QED) is 0.790. The normalized spacial score (nSPS) is 13.9. The zero-order chi connectivity index (χ0) is 14.9. The Morgan fingerprint density at radius 1 is 1.05 bits per heavy atom. The van der Waals surface area contributed by atoms with Crippen LogP contribution in [0, 0.1) is 6.92 Å². The molecule has 21 heavy (non-hydrogen) atoms. The lowest BCUT2D eigenvalue weighted by Gasteiger charge is -2.19. The average Bonchev–Trinajstić information content (AvgIpc) is 2.99. The van der Waals surface area contributed by atoms with Gasteiger partial charge in [-0.05, 0) is 25.0 Å². The van der Waals surface area contributed by atoms with E-state index in [1.54, 1.807) is 12.4 Å². The molecule has 3 aromatic rings. The van der Waals surface area contributed by atoms with Gasteiger partial charge in [-0.25, -0.2) is 9.97 Å². The fourth-order valence-corrected chi connectivity index (χ4v) is 1.94. The zero-order valence-corrected chi connectivity index (χ0v) is 11.8. The number of rotatable bonds is 3. The number of aryl methyl sites for hydroxylation is 1. The van der Waals surface area contributed by atoms with E-state index in [2.05, 4.69) is 20.1 Å². The summed E-state index contributed by atoms with van der Waals surface area (Å²) in [7, 11) is 0. The molecule has 0 amide bonds. The van der Waals surface area contributed by atoms with Crippen LogP contribution in [-0.2, 0) is 5.54 Å². The molecule has 0 radical (unpaired) electrons. The molecule has 1 aromatic carbocycles. The summed E-state index contributed by atoms with van der Waals surface area (Å²) in [6, 6.07) is 9.61. The van der Waals surface area contributed by atoms with Crippen LogP contribution in [0.15, 0.2) is 47.2 Å². The SMILES string of the molecule is Cc1cnc(-c2noc(C(C)(N)c3ccccc3)n2)nc1. The highest BCUT2D eigenvalue weighted by molar-refractivity contribution is 5.42. The second kappa shape index (κ2) is 5.06. The first kappa shape index (κ1) is 13.4. The molecular formula is C15H15N5O. The second-order valence-electron chi connectivity index (χ2n) is 5.08. The maximum Gasteiger partial charge on any atom is 0.251 e. The van der Waals surface area contributed by atoms with E-state index in [9.17, 15) is 0 Å². The van der Waals surface area contributed by atoms with Crippen molar-refractivity contribution < 1.29 is 4.52 Å². The number of hydrogen-bond donors (Lipinski definition) is 1. The van der Waals surface area contributed by atoms with Crippen molar-refractivity contribution in [3.63, 3.8) is 0 Å². The average molecular weight is 281 g/mol. The van der Waals surface area contributed by atoms with Gasteiger partial charge in [0.15, 0.2) is 0 Å². The lowest BCUT2D eigenvalue weighted by atomic mass is 9.93. The monoisotopic (exact) mass is 281 g/mol.